The molecule has 2 aliphatic rings. The molecule has 8 aromatic rings. The minimum absolute atomic E-state index is 0.0499. The molecule has 0 fully saturated rings. The maximum absolute atomic E-state index is 6.26. The molecule has 7 aromatic carbocycles. The van der Waals surface area contributed by atoms with Crippen molar-refractivity contribution in [2.45, 2.75) is 28.8 Å². The van der Waals surface area contributed by atoms with E-state index in [2.05, 4.69) is 232 Å². The van der Waals surface area contributed by atoms with Crippen LogP contribution >= 0.6 is 22.6 Å². The van der Waals surface area contributed by atoms with E-state index < -0.39 is 0 Å². The van der Waals surface area contributed by atoms with E-state index in [0.29, 0.717) is 0 Å². The molecular weight excluding hydrogens is 832 g/mol. The molecule has 0 saturated heterocycles. The average molecular weight is 877 g/mol. The number of anilines is 2. The highest BCUT2D eigenvalue weighted by Gasteiger charge is 2.39. The number of allylic oxidation sites excluding steroid dienone is 1. The molecule has 0 spiro atoms. The molecule has 2 unspecified atom stereocenters. The van der Waals surface area contributed by atoms with Gasteiger partial charge in [-0.1, -0.05) is 168 Å². The van der Waals surface area contributed by atoms with E-state index >= 15 is 0 Å². The van der Waals surface area contributed by atoms with Crippen LogP contribution in [0, 0.1) is 0 Å². The van der Waals surface area contributed by atoms with Gasteiger partial charge in [0.2, 0.25) is 0 Å². The highest BCUT2D eigenvalue weighted by atomic mass is 127. The quantitative estimate of drug-likeness (QED) is 0.0715. The highest BCUT2D eigenvalue weighted by Crippen LogP contribution is 2.53. The summed E-state index contributed by atoms with van der Waals surface area (Å²) in [5.41, 5.74) is 23.2. The van der Waals surface area contributed by atoms with Crippen LogP contribution in [0.2, 0.25) is 0 Å². The van der Waals surface area contributed by atoms with Crippen LogP contribution in [-0.2, 0) is 0 Å². The summed E-state index contributed by atoms with van der Waals surface area (Å²) in [5.74, 6) is 0.242. The minimum atomic E-state index is 0.0499. The molecule has 4 nitrogen and oxygen atoms in total. The maximum atomic E-state index is 6.26. The van der Waals surface area contributed by atoms with Gasteiger partial charge in [0, 0.05) is 58.4 Å². The van der Waals surface area contributed by atoms with Crippen molar-refractivity contribution < 1.29 is 0 Å². The number of alkyl halides is 1. The fourth-order valence-corrected chi connectivity index (χ4v) is 10.1. The number of fused-ring (bicyclic) bond motifs is 7. The third-order valence-electron chi connectivity index (χ3n) is 12.1. The predicted octanol–water partition coefficient (Wildman–Crippen LogP) is 13.9. The second-order valence-corrected chi connectivity index (χ2v) is 16.7. The number of hydrogen-bond acceptors (Lipinski definition) is 3. The van der Waals surface area contributed by atoms with E-state index in [1.807, 2.05) is 6.07 Å². The van der Waals surface area contributed by atoms with Crippen LogP contribution in [0.15, 0.2) is 200 Å². The normalized spacial score (nSPS) is 16.5. The lowest BCUT2D eigenvalue weighted by atomic mass is 9.84. The first kappa shape index (κ1) is 37.0. The van der Waals surface area contributed by atoms with E-state index in [1.165, 1.54) is 72.6 Å². The molecule has 5 heteroatoms. The number of rotatable bonds is 8. The lowest BCUT2D eigenvalue weighted by Crippen LogP contribution is -2.36. The van der Waals surface area contributed by atoms with E-state index in [-0.39, 0.29) is 16.0 Å². The molecule has 0 amide bonds. The van der Waals surface area contributed by atoms with Crippen LogP contribution < -0.4 is 10.6 Å². The molecule has 2 heterocycles. The van der Waals surface area contributed by atoms with Crippen LogP contribution in [0.4, 0.5) is 11.4 Å². The fourth-order valence-electron chi connectivity index (χ4n) is 9.45. The number of halogens is 1. The topological polar surface area (TPSA) is 37.4 Å². The first-order valence-corrected chi connectivity index (χ1v) is 21.7. The Bertz CT molecular complexity index is 2840. The van der Waals surface area contributed by atoms with Gasteiger partial charge in [0.05, 0.1) is 17.3 Å². The molecule has 0 radical (unpaired) electrons. The molecule has 1 aliphatic heterocycles. The molecule has 2 N–H and O–H groups in total. The van der Waals surface area contributed by atoms with E-state index in [0.717, 1.165) is 24.1 Å². The van der Waals surface area contributed by atoms with Gasteiger partial charge in [0.15, 0.2) is 0 Å². The summed E-state index contributed by atoms with van der Waals surface area (Å²) >= 11 is 2.54. The van der Waals surface area contributed by atoms with Gasteiger partial charge >= 0.3 is 0 Å². The van der Waals surface area contributed by atoms with Crippen molar-refractivity contribution in [3.8, 4) is 39.1 Å². The van der Waals surface area contributed by atoms with Gasteiger partial charge < -0.3 is 20.1 Å². The zero-order valence-electron chi connectivity index (χ0n) is 33.0. The standard InChI is InChI=1S/C54H45IN4/c1-57(51(36-56)38-20-7-3-8-21-38)54(55)40-23-17-22-39(32-40)42-33-41(37-18-5-2-6-19-37)34-44(35-42)58-48-29-14-11-26-45(48)52-46-27-12-15-30-49(46)59(43-24-9-4-10-25-43)53(52)47-28-13-16-31-50(47)58/h2-12,14-27,29-36,47,50,54H,13,28,56H2,1H3/b51-36-/t47-,50?,54?/m0/s1. The summed E-state index contributed by atoms with van der Waals surface area (Å²) in [4.78, 5) is 4.90. The second-order valence-electron chi connectivity index (χ2n) is 15.6. The Balaban J connectivity index is 1.16. The van der Waals surface area contributed by atoms with Gasteiger partial charge in [-0.05, 0) is 94.8 Å². The number of nitrogens with two attached hydrogens (primary N) is 1. The highest BCUT2D eigenvalue weighted by molar-refractivity contribution is 14.1. The van der Waals surface area contributed by atoms with Crippen LogP contribution in [0.25, 0.3) is 55.7 Å². The molecule has 10 rings (SSSR count). The predicted molar refractivity (Wildman–Crippen MR) is 256 cm³/mol. The monoisotopic (exact) mass is 876 g/mol. The zero-order chi connectivity index (χ0) is 39.9. The smallest absolute Gasteiger partial charge is 0.106 e. The molecular formula is C54H45IN4. The number of benzene rings is 7. The SMILES string of the molecule is CN(/C(=C\N)c1ccccc1)C(I)c1cccc(-c2cc(-c3ccccc3)cc(N3c4ccccc4-c4c(n(-c5ccccc5)c5ccccc45)[C@H]4CCC=CC43)c2)c1. The van der Waals surface area contributed by atoms with E-state index in [1.54, 1.807) is 6.20 Å². The Morgan fingerprint density at radius 1 is 0.678 bits per heavy atom. The minimum Gasteiger partial charge on any atom is -0.403 e. The van der Waals surface area contributed by atoms with Gasteiger partial charge in [-0.25, -0.2) is 0 Å². The van der Waals surface area contributed by atoms with Crippen LogP contribution in [0.5, 0.6) is 0 Å². The zero-order valence-corrected chi connectivity index (χ0v) is 35.2. The lowest BCUT2D eigenvalue weighted by Gasteiger charge is -2.38. The van der Waals surface area contributed by atoms with E-state index in [9.17, 15) is 0 Å². The van der Waals surface area contributed by atoms with Crippen molar-refractivity contribution in [2.24, 2.45) is 5.73 Å². The Kier molecular flexibility index (Phi) is 9.91. The first-order valence-electron chi connectivity index (χ1n) is 20.5. The largest absolute Gasteiger partial charge is 0.403 e. The van der Waals surface area contributed by atoms with Crippen molar-refractivity contribution >= 4 is 50.6 Å². The van der Waals surface area contributed by atoms with Crippen molar-refractivity contribution in [3.63, 3.8) is 0 Å². The van der Waals surface area contributed by atoms with Gasteiger partial charge in [-0.2, -0.15) is 0 Å². The number of para-hydroxylation sites is 3. The molecule has 0 saturated carbocycles. The second kappa shape index (κ2) is 15.8. The van der Waals surface area contributed by atoms with Crippen molar-refractivity contribution in [1.82, 2.24) is 9.47 Å². The summed E-state index contributed by atoms with van der Waals surface area (Å²) < 4.78 is 2.61. The Morgan fingerprint density at radius 3 is 2.12 bits per heavy atom. The number of aromatic nitrogens is 1. The van der Waals surface area contributed by atoms with Gasteiger partial charge in [0.25, 0.3) is 0 Å². The number of hydrogen-bond donors (Lipinski definition) is 1. The van der Waals surface area contributed by atoms with Crippen LogP contribution in [-0.4, -0.2) is 22.6 Å². The van der Waals surface area contributed by atoms with E-state index in [4.69, 9.17) is 5.73 Å². The Hall–Kier alpha value is -6.31. The first-order chi connectivity index (χ1) is 29.1. The molecule has 288 valence electrons. The molecule has 1 aromatic heterocycles. The van der Waals surface area contributed by atoms with Gasteiger partial charge in [-0.3, -0.25) is 0 Å². The third kappa shape index (κ3) is 6.64. The fraction of sp³-hybridized carbons (Fsp3) is 0.111. The van der Waals surface area contributed by atoms with Crippen LogP contribution in [0.3, 0.4) is 0 Å². The summed E-state index contributed by atoms with van der Waals surface area (Å²) in [6.07, 6.45) is 8.70. The van der Waals surface area contributed by atoms with Crippen molar-refractivity contribution in [2.75, 3.05) is 11.9 Å². The van der Waals surface area contributed by atoms with Gasteiger partial charge in [-0.15, -0.1) is 0 Å². The lowest BCUT2D eigenvalue weighted by molar-refractivity contribution is 0.479. The average Bonchev–Trinajstić information content (AvgIpc) is 3.59. The summed E-state index contributed by atoms with van der Waals surface area (Å²) in [5, 5.41) is 1.29. The van der Waals surface area contributed by atoms with Crippen molar-refractivity contribution in [1.29, 1.82) is 0 Å². The van der Waals surface area contributed by atoms with Crippen molar-refractivity contribution in [3.05, 3.63) is 217 Å². The molecule has 3 atom stereocenters. The Morgan fingerprint density at radius 2 is 1.34 bits per heavy atom. The summed E-state index contributed by atoms with van der Waals surface area (Å²) in [6.45, 7) is 0. The van der Waals surface area contributed by atoms with Gasteiger partial charge in [0.1, 0.15) is 4.05 Å². The Labute approximate surface area is 360 Å². The summed E-state index contributed by atoms with van der Waals surface area (Å²) in [6, 6.07) is 66.5. The van der Waals surface area contributed by atoms with Crippen LogP contribution in [0.1, 0.15) is 39.6 Å². The number of nitrogens with zero attached hydrogens (tertiary/aromatic N) is 3. The molecule has 59 heavy (non-hydrogen) atoms. The molecule has 1 aliphatic carbocycles. The third-order valence-corrected chi connectivity index (χ3v) is 13.7. The summed E-state index contributed by atoms with van der Waals surface area (Å²) in [7, 11) is 2.12. The molecule has 0 bridgehead atoms. The maximum Gasteiger partial charge on any atom is 0.106 e.